The molecule has 3 N–H and O–H groups in total. The molecule has 1 saturated heterocycles. The molecular formula is C21H22Cl2FN5O. The molecule has 4 rings (SSSR count). The second kappa shape index (κ2) is 8.79. The van der Waals surface area contributed by atoms with Gasteiger partial charge in [0.25, 0.3) is 0 Å². The fourth-order valence-corrected chi connectivity index (χ4v) is 3.68. The molecule has 2 unspecified atom stereocenters. The standard InChI is InChI=1S/C21H22Cl2FN5O/c1-12(19-16(22)2-3-17(24)20(19)23)30-18-8-13(9-27-21(18)25)14-10-28-29(11-14)15-4-6-26-7-5-15/h2-3,8-12,15,26H,4-7H2,1H3,(H2,25,27)/t12-/m1/s1/i4D,6D2,8D,9D,10D/hD3/t4?,12-,15?. The Kier molecular flexibility index (Phi) is 3.66. The zero-order valence-corrected chi connectivity index (χ0v) is 17.2. The Balaban J connectivity index is 1.80. The maximum absolute atomic E-state index is 14.1. The summed E-state index contributed by atoms with van der Waals surface area (Å²) in [5.74, 6) is -1.72. The number of halogens is 3. The zero-order valence-electron chi connectivity index (χ0n) is 24.7. The van der Waals surface area contributed by atoms with Crippen molar-refractivity contribution in [1.82, 2.24) is 20.1 Å². The van der Waals surface area contributed by atoms with Gasteiger partial charge in [0.1, 0.15) is 13.3 Å². The first kappa shape index (κ1) is 12.5. The van der Waals surface area contributed by atoms with Gasteiger partial charge in [-0.1, -0.05) is 23.2 Å². The molecule has 0 aliphatic carbocycles. The van der Waals surface area contributed by atoms with E-state index in [0.29, 0.717) is 5.31 Å². The third-order valence-corrected chi connectivity index (χ3v) is 5.26. The molecule has 0 saturated carbocycles. The van der Waals surface area contributed by atoms with Crippen molar-refractivity contribution in [3.8, 4) is 16.9 Å². The van der Waals surface area contributed by atoms with Crippen LogP contribution in [0.5, 0.6) is 5.75 Å². The quantitative estimate of drug-likeness (QED) is 0.505. The number of rotatable bonds is 6. The highest BCUT2D eigenvalue weighted by Crippen LogP contribution is 2.37. The van der Waals surface area contributed by atoms with Crippen molar-refractivity contribution < 1.29 is 21.6 Å². The van der Waals surface area contributed by atoms with Gasteiger partial charge in [-0.05, 0) is 51.0 Å². The molecule has 158 valence electrons. The number of hydrogen-bond donors (Lipinski definition) is 2. The van der Waals surface area contributed by atoms with Crippen LogP contribution in [0.3, 0.4) is 0 Å². The van der Waals surface area contributed by atoms with E-state index in [-0.39, 0.29) is 45.4 Å². The SMILES string of the molecule is [2H]c1nn(C2CCN([2H])C([2H])([2H])C2[2H])cc1-c1c([2H])nc(N([2H])[2H])c(O[C@H](C)c2c(Cl)ccc(F)c2Cl)c1[2H]. The molecule has 3 heterocycles. The molecular weight excluding hydrogens is 428 g/mol. The van der Waals surface area contributed by atoms with Crippen LogP contribution in [0, 0.1) is 5.82 Å². The van der Waals surface area contributed by atoms with E-state index in [0.717, 1.165) is 6.07 Å². The lowest BCUT2D eigenvalue weighted by molar-refractivity contribution is 0.227. The lowest BCUT2D eigenvalue weighted by atomic mass is 10.1. The van der Waals surface area contributed by atoms with E-state index in [1.807, 2.05) is 0 Å². The van der Waals surface area contributed by atoms with Gasteiger partial charge in [0.15, 0.2) is 14.4 Å². The van der Waals surface area contributed by atoms with E-state index in [1.54, 1.807) is 0 Å². The van der Waals surface area contributed by atoms with Crippen molar-refractivity contribution in [1.29, 1.82) is 0 Å². The number of piperidine rings is 1. The Morgan fingerprint density at radius 1 is 1.47 bits per heavy atom. The third kappa shape index (κ3) is 4.24. The van der Waals surface area contributed by atoms with Crippen molar-refractivity contribution in [2.45, 2.75) is 31.9 Å². The molecule has 1 aliphatic rings. The fourth-order valence-electron chi connectivity index (χ4n) is 3.00. The van der Waals surface area contributed by atoms with E-state index in [9.17, 15) is 4.39 Å². The maximum Gasteiger partial charge on any atom is 0.166 e. The number of hydrogen-bond acceptors (Lipinski definition) is 5. The number of pyridine rings is 1. The minimum Gasteiger partial charge on any atom is -0.482 e. The van der Waals surface area contributed by atoms with Crippen LogP contribution in [0.2, 0.25) is 14.3 Å². The summed E-state index contributed by atoms with van der Waals surface area (Å²) >= 11 is 12.3. The van der Waals surface area contributed by atoms with E-state index >= 15 is 0 Å². The number of nitrogen functional groups attached to an aromatic ring is 1. The van der Waals surface area contributed by atoms with E-state index in [4.69, 9.17) is 40.4 Å². The van der Waals surface area contributed by atoms with Gasteiger partial charge in [-0.2, -0.15) is 5.10 Å². The van der Waals surface area contributed by atoms with Gasteiger partial charge >= 0.3 is 0 Å². The molecule has 0 bridgehead atoms. The molecule has 0 amide bonds. The van der Waals surface area contributed by atoms with Gasteiger partial charge in [0.2, 0.25) is 0 Å². The predicted molar refractivity (Wildman–Crippen MR) is 116 cm³/mol. The average Bonchev–Trinajstić information content (AvgIpc) is 3.22. The maximum atomic E-state index is 14.1. The van der Waals surface area contributed by atoms with Crippen LogP contribution in [-0.4, -0.2) is 27.8 Å². The zero-order chi connectivity index (χ0) is 29.0. The normalized spacial score (nSPS) is 26.6. The number of anilines is 1. The van der Waals surface area contributed by atoms with Crippen molar-refractivity contribution in [2.24, 2.45) is 0 Å². The molecule has 3 aromatic rings. The van der Waals surface area contributed by atoms with Crippen molar-refractivity contribution >= 4 is 29.0 Å². The fraction of sp³-hybridized carbons (Fsp3) is 0.333. The van der Waals surface area contributed by atoms with E-state index < -0.39 is 60.8 Å². The highest BCUT2D eigenvalue weighted by atomic mass is 35.5. The summed E-state index contributed by atoms with van der Waals surface area (Å²) in [6.07, 6.45) is -1.96. The Labute approximate surface area is 197 Å². The summed E-state index contributed by atoms with van der Waals surface area (Å²) in [5.41, 5.74) is -0.181. The van der Waals surface area contributed by atoms with Crippen LogP contribution in [0.15, 0.2) is 36.7 Å². The van der Waals surface area contributed by atoms with Crippen LogP contribution < -0.4 is 15.8 Å². The molecule has 9 heteroatoms. The first-order valence-electron chi connectivity index (χ1n) is 13.4. The molecule has 1 aromatic carbocycles. The van der Waals surface area contributed by atoms with Crippen LogP contribution in [0.25, 0.3) is 11.1 Å². The molecule has 1 aliphatic heterocycles. The molecule has 3 atom stereocenters. The van der Waals surface area contributed by atoms with Gasteiger partial charge < -0.3 is 15.8 Å². The summed E-state index contributed by atoms with van der Waals surface area (Å²) in [6.45, 7) is -0.801. The Morgan fingerprint density at radius 3 is 3.17 bits per heavy atom. The number of aromatic nitrogens is 3. The average molecular weight is 459 g/mol. The van der Waals surface area contributed by atoms with Gasteiger partial charge in [-0.25, -0.2) is 9.37 Å². The van der Waals surface area contributed by atoms with Crippen LogP contribution in [0.1, 0.15) is 45.7 Å². The molecule has 2 aromatic heterocycles. The summed E-state index contributed by atoms with van der Waals surface area (Å²) < 4.78 is 94.3. The van der Waals surface area contributed by atoms with Gasteiger partial charge in [0, 0.05) is 38.2 Å². The van der Waals surface area contributed by atoms with Crippen molar-refractivity contribution in [3.05, 3.63) is 58.1 Å². The molecule has 6 nitrogen and oxygen atoms in total. The lowest BCUT2D eigenvalue weighted by Crippen LogP contribution is -2.29. The smallest absolute Gasteiger partial charge is 0.166 e. The first-order valence-corrected chi connectivity index (χ1v) is 9.76. The Morgan fingerprint density at radius 2 is 2.33 bits per heavy atom. The second-order valence-electron chi connectivity index (χ2n) is 6.56. The first-order chi connectivity index (χ1) is 18.2. The van der Waals surface area contributed by atoms with Gasteiger partial charge in [0.05, 0.1) is 21.3 Å². The van der Waals surface area contributed by atoms with E-state index in [2.05, 4.69) is 10.1 Å². The molecule has 0 spiro atoms. The summed E-state index contributed by atoms with van der Waals surface area (Å²) in [5, 5.41) is 4.52. The lowest BCUT2D eigenvalue weighted by Gasteiger charge is -2.22. The predicted octanol–water partition coefficient (Wildman–Crippen LogP) is 5.04. The summed E-state index contributed by atoms with van der Waals surface area (Å²) in [6, 6.07) is 0.990. The summed E-state index contributed by atoms with van der Waals surface area (Å²) in [7, 11) is 0. The number of benzene rings is 1. The highest BCUT2D eigenvalue weighted by molar-refractivity contribution is 6.36. The summed E-state index contributed by atoms with van der Waals surface area (Å²) in [4.78, 5) is 3.91. The molecule has 1 fully saturated rings. The van der Waals surface area contributed by atoms with Crippen LogP contribution in [0.4, 0.5) is 10.2 Å². The highest BCUT2D eigenvalue weighted by Gasteiger charge is 2.21. The van der Waals surface area contributed by atoms with Gasteiger partial charge in [-0.3, -0.25) is 4.68 Å². The molecule has 30 heavy (non-hydrogen) atoms. The number of nitrogens with one attached hydrogen (secondary N) is 1. The molecule has 0 radical (unpaired) electrons. The van der Waals surface area contributed by atoms with Gasteiger partial charge in [-0.15, -0.1) is 0 Å². The van der Waals surface area contributed by atoms with Crippen molar-refractivity contribution in [3.63, 3.8) is 0 Å². The second-order valence-corrected chi connectivity index (χ2v) is 7.35. The van der Waals surface area contributed by atoms with Crippen LogP contribution >= 0.6 is 23.2 Å². The number of nitrogens with two attached hydrogens (primary N) is 1. The van der Waals surface area contributed by atoms with E-state index in [1.165, 1.54) is 23.9 Å². The monoisotopic (exact) mass is 458 g/mol. The largest absolute Gasteiger partial charge is 0.482 e. The third-order valence-electron chi connectivity index (χ3n) is 4.55. The Hall–Kier alpha value is -2.35. The number of nitrogens with zero attached hydrogens (tertiary/aromatic N) is 3. The minimum absolute atomic E-state index is 0.0170. The topological polar surface area (TPSA) is 78.0 Å². The minimum atomic E-state index is -2.27. The Bertz CT molecular complexity index is 1410. The van der Waals surface area contributed by atoms with Crippen molar-refractivity contribution in [2.75, 3.05) is 18.8 Å². The number of ether oxygens (including phenoxy) is 1. The van der Waals surface area contributed by atoms with Crippen LogP contribution in [-0.2, 0) is 0 Å².